The third-order valence-electron chi connectivity index (χ3n) is 3.23. The zero-order valence-corrected chi connectivity index (χ0v) is 15.2. The number of hydrogen-bond acceptors (Lipinski definition) is 4. The summed E-state index contributed by atoms with van der Waals surface area (Å²) in [6.07, 6.45) is 1.59. The molecule has 0 saturated heterocycles. The number of halogens is 1. The Morgan fingerprint density at radius 3 is 2.52 bits per heavy atom. The summed E-state index contributed by atoms with van der Waals surface area (Å²) >= 11 is 2.16. The molecule has 0 bridgehead atoms. The van der Waals surface area contributed by atoms with Gasteiger partial charge in [-0.2, -0.15) is 5.10 Å². The van der Waals surface area contributed by atoms with Crippen LogP contribution < -0.4 is 14.9 Å². The van der Waals surface area contributed by atoms with Crippen molar-refractivity contribution in [3.8, 4) is 11.5 Å². The van der Waals surface area contributed by atoms with Crippen molar-refractivity contribution < 1.29 is 14.3 Å². The van der Waals surface area contributed by atoms with Crippen LogP contribution in [0.4, 0.5) is 0 Å². The molecule has 2 aromatic rings. The third-order valence-corrected chi connectivity index (χ3v) is 3.90. The Morgan fingerprint density at radius 2 is 1.87 bits per heavy atom. The summed E-state index contributed by atoms with van der Waals surface area (Å²) < 4.78 is 11.5. The van der Waals surface area contributed by atoms with Gasteiger partial charge < -0.3 is 9.47 Å². The molecule has 0 aliphatic rings. The van der Waals surface area contributed by atoms with Gasteiger partial charge in [-0.15, -0.1) is 0 Å². The number of carbonyl (C=O) groups is 1. The van der Waals surface area contributed by atoms with Crippen LogP contribution in [0.1, 0.15) is 21.5 Å². The lowest BCUT2D eigenvalue weighted by molar-refractivity contribution is 0.0955. The van der Waals surface area contributed by atoms with Crippen molar-refractivity contribution in [3.63, 3.8) is 0 Å². The van der Waals surface area contributed by atoms with Crippen LogP contribution in [0.15, 0.2) is 41.5 Å². The Bertz CT molecular complexity index is 745. The van der Waals surface area contributed by atoms with E-state index < -0.39 is 0 Å². The lowest BCUT2D eigenvalue weighted by atomic mass is 10.1. The highest BCUT2D eigenvalue weighted by atomic mass is 127. The number of hydrogen-bond donors (Lipinski definition) is 1. The van der Waals surface area contributed by atoms with E-state index >= 15 is 0 Å². The predicted molar refractivity (Wildman–Crippen MR) is 98.5 cm³/mol. The molecule has 0 atom stereocenters. The first-order valence-electron chi connectivity index (χ1n) is 6.86. The minimum absolute atomic E-state index is 0.252. The second kappa shape index (κ2) is 7.96. The van der Waals surface area contributed by atoms with Gasteiger partial charge in [0.2, 0.25) is 0 Å². The lowest BCUT2D eigenvalue weighted by Gasteiger charge is -2.10. The van der Waals surface area contributed by atoms with E-state index in [9.17, 15) is 4.79 Å². The molecule has 2 aromatic carbocycles. The molecule has 1 N–H and O–H groups in total. The molecule has 0 unspecified atom stereocenters. The fraction of sp³-hybridized carbons (Fsp3) is 0.176. The fourth-order valence-electron chi connectivity index (χ4n) is 1.99. The van der Waals surface area contributed by atoms with Crippen molar-refractivity contribution in [2.45, 2.75) is 6.92 Å². The first kappa shape index (κ1) is 17.3. The molecule has 5 nitrogen and oxygen atoms in total. The summed E-state index contributed by atoms with van der Waals surface area (Å²) in [4.78, 5) is 12.0. The van der Waals surface area contributed by atoms with Crippen molar-refractivity contribution in [2.24, 2.45) is 5.10 Å². The van der Waals surface area contributed by atoms with Crippen LogP contribution in [0.3, 0.4) is 0 Å². The van der Waals surface area contributed by atoms with E-state index in [2.05, 4.69) is 33.1 Å². The first-order valence-corrected chi connectivity index (χ1v) is 7.94. The van der Waals surface area contributed by atoms with Gasteiger partial charge in [0.05, 0.1) is 20.4 Å². The molecule has 0 spiro atoms. The fourth-order valence-corrected chi connectivity index (χ4v) is 2.53. The van der Waals surface area contributed by atoms with Crippen molar-refractivity contribution in [1.82, 2.24) is 5.43 Å². The van der Waals surface area contributed by atoms with Crippen LogP contribution in [0.2, 0.25) is 0 Å². The normalized spacial score (nSPS) is 10.6. The molecule has 2 rings (SSSR count). The van der Waals surface area contributed by atoms with Gasteiger partial charge in [0.1, 0.15) is 0 Å². The molecule has 6 heteroatoms. The molecule has 23 heavy (non-hydrogen) atoms. The molecule has 120 valence electrons. The topological polar surface area (TPSA) is 59.9 Å². The van der Waals surface area contributed by atoms with Gasteiger partial charge in [-0.1, -0.05) is 6.07 Å². The number of hydrazone groups is 1. The summed E-state index contributed by atoms with van der Waals surface area (Å²) in [5.74, 6) is 1.02. The molecule has 1 amide bonds. The van der Waals surface area contributed by atoms with E-state index in [1.165, 1.54) is 0 Å². The van der Waals surface area contributed by atoms with Gasteiger partial charge in [0.25, 0.3) is 5.91 Å². The van der Waals surface area contributed by atoms with Gasteiger partial charge in [-0.25, -0.2) is 5.43 Å². The maximum atomic E-state index is 12.0. The maximum Gasteiger partial charge on any atom is 0.271 e. The molecule has 0 fully saturated rings. The highest BCUT2D eigenvalue weighted by molar-refractivity contribution is 14.1. The van der Waals surface area contributed by atoms with Crippen LogP contribution in [0.5, 0.6) is 11.5 Å². The SMILES string of the molecule is COc1cc(C)c(/C=N\NC(=O)c2cccc(I)c2)cc1OC. The van der Waals surface area contributed by atoms with E-state index in [0.717, 1.165) is 14.7 Å². The molecule has 0 aromatic heterocycles. The maximum absolute atomic E-state index is 12.0. The summed E-state index contributed by atoms with van der Waals surface area (Å²) in [6, 6.07) is 11.0. The summed E-state index contributed by atoms with van der Waals surface area (Å²) in [5.41, 5.74) is 4.90. The minimum atomic E-state index is -0.252. The number of nitrogens with zero attached hydrogens (tertiary/aromatic N) is 1. The van der Waals surface area contributed by atoms with Crippen LogP contribution in [-0.4, -0.2) is 26.3 Å². The summed E-state index contributed by atoms with van der Waals surface area (Å²) in [6.45, 7) is 1.94. The first-order chi connectivity index (χ1) is 11.0. The molecular formula is C17H17IN2O3. The average molecular weight is 424 g/mol. The smallest absolute Gasteiger partial charge is 0.271 e. The minimum Gasteiger partial charge on any atom is -0.493 e. The number of aryl methyl sites for hydroxylation is 1. The lowest BCUT2D eigenvalue weighted by Crippen LogP contribution is -2.17. The Kier molecular flexibility index (Phi) is 5.97. The Balaban J connectivity index is 2.13. The largest absolute Gasteiger partial charge is 0.493 e. The molecule has 0 radical (unpaired) electrons. The van der Waals surface area contributed by atoms with Gasteiger partial charge >= 0.3 is 0 Å². The van der Waals surface area contributed by atoms with Crippen molar-refractivity contribution in [3.05, 3.63) is 56.7 Å². The summed E-state index contributed by atoms with van der Waals surface area (Å²) in [5, 5.41) is 4.02. The monoisotopic (exact) mass is 424 g/mol. The quantitative estimate of drug-likeness (QED) is 0.455. The second-order valence-corrected chi connectivity index (χ2v) is 6.02. The molecule has 0 aliphatic carbocycles. The van der Waals surface area contributed by atoms with Crippen LogP contribution in [0, 0.1) is 10.5 Å². The number of methoxy groups -OCH3 is 2. The van der Waals surface area contributed by atoms with Crippen LogP contribution >= 0.6 is 22.6 Å². The molecule has 0 saturated carbocycles. The van der Waals surface area contributed by atoms with E-state index in [4.69, 9.17) is 9.47 Å². The summed E-state index contributed by atoms with van der Waals surface area (Å²) in [7, 11) is 3.17. The van der Waals surface area contributed by atoms with Crippen molar-refractivity contribution in [2.75, 3.05) is 14.2 Å². The molecule has 0 heterocycles. The zero-order chi connectivity index (χ0) is 16.8. The van der Waals surface area contributed by atoms with E-state index in [0.29, 0.717) is 17.1 Å². The zero-order valence-electron chi connectivity index (χ0n) is 13.1. The second-order valence-electron chi connectivity index (χ2n) is 4.77. The van der Waals surface area contributed by atoms with Crippen LogP contribution in [-0.2, 0) is 0 Å². The number of rotatable bonds is 5. The number of carbonyl (C=O) groups excluding carboxylic acids is 1. The standard InChI is InChI=1S/C17H17IN2O3/c1-11-7-15(22-2)16(23-3)9-13(11)10-19-20-17(21)12-5-4-6-14(18)8-12/h4-10H,1-3H3,(H,20,21)/b19-10-. The average Bonchev–Trinajstić information content (AvgIpc) is 2.55. The number of amides is 1. The van der Waals surface area contributed by atoms with E-state index in [1.54, 1.807) is 32.6 Å². The third kappa shape index (κ3) is 4.44. The van der Waals surface area contributed by atoms with Gasteiger partial charge in [-0.3, -0.25) is 4.79 Å². The van der Waals surface area contributed by atoms with Crippen molar-refractivity contribution >= 4 is 34.7 Å². The van der Waals surface area contributed by atoms with Gasteiger partial charge in [0, 0.05) is 14.7 Å². The van der Waals surface area contributed by atoms with Gasteiger partial charge in [-0.05, 0) is 65.4 Å². The van der Waals surface area contributed by atoms with Gasteiger partial charge in [0.15, 0.2) is 11.5 Å². The Morgan fingerprint density at radius 1 is 1.17 bits per heavy atom. The van der Waals surface area contributed by atoms with E-state index in [-0.39, 0.29) is 5.91 Å². The highest BCUT2D eigenvalue weighted by Gasteiger charge is 2.08. The Labute approximate surface area is 148 Å². The Hall–Kier alpha value is -2.09. The number of nitrogens with one attached hydrogen (secondary N) is 1. The van der Waals surface area contributed by atoms with Crippen LogP contribution in [0.25, 0.3) is 0 Å². The molecular weight excluding hydrogens is 407 g/mol. The van der Waals surface area contributed by atoms with E-state index in [1.807, 2.05) is 31.2 Å². The van der Waals surface area contributed by atoms with Crippen molar-refractivity contribution in [1.29, 1.82) is 0 Å². The predicted octanol–water partition coefficient (Wildman–Crippen LogP) is 3.38. The number of ether oxygens (including phenoxy) is 2. The number of benzene rings is 2. The highest BCUT2D eigenvalue weighted by Crippen LogP contribution is 2.29. The molecule has 0 aliphatic heterocycles.